The number of imidazole rings is 1. The lowest BCUT2D eigenvalue weighted by molar-refractivity contribution is 0.0937. The number of hydrogen-bond donors (Lipinski definition) is 1. The van der Waals surface area contributed by atoms with Gasteiger partial charge >= 0.3 is 0 Å². The Kier molecular flexibility index (Phi) is 7.35. The quantitative estimate of drug-likeness (QED) is 0.337. The van der Waals surface area contributed by atoms with Gasteiger partial charge in [0.1, 0.15) is 11.6 Å². The van der Waals surface area contributed by atoms with Crippen molar-refractivity contribution in [3.63, 3.8) is 0 Å². The molecule has 0 fully saturated rings. The molecule has 2 aromatic carbocycles. The zero-order chi connectivity index (χ0) is 23.0. The van der Waals surface area contributed by atoms with Crippen LogP contribution in [-0.2, 0) is 13.0 Å². The van der Waals surface area contributed by atoms with Crippen molar-refractivity contribution in [2.75, 3.05) is 6.61 Å². The van der Waals surface area contributed by atoms with Crippen LogP contribution in [-0.4, -0.2) is 27.0 Å². The molecular formula is C27H30N4O2. The monoisotopic (exact) mass is 442 g/mol. The number of nitrogens with zero attached hydrogens (tertiary/aromatic N) is 3. The molecule has 1 atom stereocenters. The van der Waals surface area contributed by atoms with Crippen LogP contribution in [0, 0.1) is 0 Å². The summed E-state index contributed by atoms with van der Waals surface area (Å²) in [5, 5.41) is 3.07. The van der Waals surface area contributed by atoms with Crippen molar-refractivity contribution >= 4 is 16.9 Å². The molecule has 1 unspecified atom stereocenters. The molecule has 0 saturated heterocycles. The largest absolute Gasteiger partial charge is 0.494 e. The molecule has 0 aliphatic carbocycles. The predicted octanol–water partition coefficient (Wildman–Crippen LogP) is 5.34. The summed E-state index contributed by atoms with van der Waals surface area (Å²) in [5.74, 6) is 1.63. The first-order chi connectivity index (χ1) is 16.2. The number of hydrogen-bond acceptors (Lipinski definition) is 4. The number of aryl methyl sites for hydroxylation is 2. The summed E-state index contributed by atoms with van der Waals surface area (Å²) < 4.78 is 8.12. The normalized spacial score (nSPS) is 11.9. The highest BCUT2D eigenvalue weighted by Crippen LogP contribution is 2.22. The lowest BCUT2D eigenvalue weighted by atomic mass is 10.2. The summed E-state index contributed by atoms with van der Waals surface area (Å²) in [6, 6.07) is 19.6. The van der Waals surface area contributed by atoms with E-state index in [1.165, 1.54) is 5.56 Å². The molecule has 4 rings (SSSR count). The third-order valence-electron chi connectivity index (χ3n) is 5.74. The van der Waals surface area contributed by atoms with Crippen LogP contribution in [0.3, 0.4) is 0 Å². The SMILES string of the molecule is CCc1ccc(OCCCCn2c(C(C)NC(=O)c3ccncc3)nc3ccccc32)cc1. The average molecular weight is 443 g/mol. The highest BCUT2D eigenvalue weighted by Gasteiger charge is 2.19. The number of pyridine rings is 1. The summed E-state index contributed by atoms with van der Waals surface area (Å²) >= 11 is 0. The van der Waals surface area contributed by atoms with E-state index in [2.05, 4.69) is 40.0 Å². The van der Waals surface area contributed by atoms with Crippen LogP contribution in [0.1, 0.15) is 54.5 Å². The first-order valence-corrected chi connectivity index (χ1v) is 11.5. The molecule has 0 bridgehead atoms. The number of para-hydroxylation sites is 2. The lowest BCUT2D eigenvalue weighted by Crippen LogP contribution is -2.28. The Bertz CT molecular complexity index is 1190. The van der Waals surface area contributed by atoms with E-state index in [-0.39, 0.29) is 11.9 Å². The summed E-state index contributed by atoms with van der Waals surface area (Å²) in [5.41, 5.74) is 3.91. The molecule has 4 aromatic rings. The Morgan fingerprint density at radius 1 is 1.03 bits per heavy atom. The number of rotatable bonds is 10. The van der Waals surface area contributed by atoms with E-state index in [0.717, 1.165) is 48.4 Å². The molecule has 6 nitrogen and oxygen atoms in total. The number of carbonyl (C=O) groups excluding carboxylic acids is 1. The van der Waals surface area contributed by atoms with Gasteiger partial charge in [-0.3, -0.25) is 9.78 Å². The number of aromatic nitrogens is 3. The molecule has 0 radical (unpaired) electrons. The predicted molar refractivity (Wildman–Crippen MR) is 130 cm³/mol. The van der Waals surface area contributed by atoms with Crippen LogP contribution in [0.15, 0.2) is 73.1 Å². The maximum atomic E-state index is 12.6. The van der Waals surface area contributed by atoms with Crippen LogP contribution >= 0.6 is 0 Å². The highest BCUT2D eigenvalue weighted by atomic mass is 16.5. The second-order valence-corrected chi connectivity index (χ2v) is 8.09. The molecule has 6 heteroatoms. The maximum Gasteiger partial charge on any atom is 0.251 e. The van der Waals surface area contributed by atoms with Gasteiger partial charge in [0, 0.05) is 24.5 Å². The molecule has 170 valence electrons. The number of ether oxygens (including phenoxy) is 1. The van der Waals surface area contributed by atoms with Crippen LogP contribution in [0.5, 0.6) is 5.75 Å². The van der Waals surface area contributed by atoms with Gasteiger partial charge in [-0.15, -0.1) is 0 Å². The van der Waals surface area contributed by atoms with Gasteiger partial charge in [0.2, 0.25) is 0 Å². The third kappa shape index (κ3) is 5.58. The minimum Gasteiger partial charge on any atom is -0.494 e. The number of carbonyl (C=O) groups is 1. The van der Waals surface area contributed by atoms with E-state index in [0.29, 0.717) is 12.2 Å². The van der Waals surface area contributed by atoms with E-state index in [1.807, 2.05) is 37.3 Å². The van der Waals surface area contributed by atoms with Gasteiger partial charge < -0.3 is 14.6 Å². The second-order valence-electron chi connectivity index (χ2n) is 8.09. The molecule has 33 heavy (non-hydrogen) atoms. The van der Waals surface area contributed by atoms with E-state index in [4.69, 9.17) is 9.72 Å². The van der Waals surface area contributed by atoms with Gasteiger partial charge in [0.05, 0.1) is 23.7 Å². The summed E-state index contributed by atoms with van der Waals surface area (Å²) in [6.07, 6.45) is 6.15. The molecule has 0 aliphatic rings. The standard InChI is InChI=1S/C27H30N4O2/c1-3-21-10-12-23(13-11-21)33-19-7-6-18-31-25-9-5-4-8-24(25)30-26(31)20(2)29-27(32)22-14-16-28-17-15-22/h4-5,8-17,20H,3,6-7,18-19H2,1-2H3,(H,29,32). The van der Waals surface area contributed by atoms with E-state index < -0.39 is 0 Å². The highest BCUT2D eigenvalue weighted by molar-refractivity contribution is 5.94. The van der Waals surface area contributed by atoms with Crippen LogP contribution in [0.4, 0.5) is 0 Å². The Labute approximate surface area is 194 Å². The Balaban J connectivity index is 1.39. The smallest absolute Gasteiger partial charge is 0.251 e. The van der Waals surface area contributed by atoms with Gasteiger partial charge in [0.15, 0.2) is 0 Å². The van der Waals surface area contributed by atoms with E-state index in [1.54, 1.807) is 24.5 Å². The van der Waals surface area contributed by atoms with Crippen LogP contribution < -0.4 is 10.1 Å². The number of nitrogens with one attached hydrogen (secondary N) is 1. The molecule has 2 heterocycles. The van der Waals surface area contributed by atoms with Gasteiger partial charge in [-0.1, -0.05) is 31.2 Å². The first kappa shape index (κ1) is 22.5. The number of unbranched alkanes of at least 4 members (excludes halogenated alkanes) is 1. The fourth-order valence-corrected chi connectivity index (χ4v) is 3.89. The Hall–Kier alpha value is -3.67. The number of benzene rings is 2. The topological polar surface area (TPSA) is 69.0 Å². The number of amides is 1. The summed E-state index contributed by atoms with van der Waals surface area (Å²) in [4.78, 5) is 21.4. The summed E-state index contributed by atoms with van der Waals surface area (Å²) in [6.45, 7) is 5.60. The number of fused-ring (bicyclic) bond motifs is 1. The minimum atomic E-state index is -0.230. The van der Waals surface area contributed by atoms with Crippen molar-refractivity contribution in [2.45, 2.75) is 45.7 Å². The van der Waals surface area contributed by atoms with Crippen molar-refractivity contribution in [2.24, 2.45) is 0 Å². The summed E-state index contributed by atoms with van der Waals surface area (Å²) in [7, 11) is 0. The minimum absolute atomic E-state index is 0.133. The zero-order valence-corrected chi connectivity index (χ0v) is 19.2. The van der Waals surface area contributed by atoms with Crippen molar-refractivity contribution in [3.05, 3.63) is 90.0 Å². The lowest BCUT2D eigenvalue weighted by Gasteiger charge is -2.16. The van der Waals surface area contributed by atoms with E-state index >= 15 is 0 Å². The van der Waals surface area contributed by atoms with Crippen molar-refractivity contribution in [1.29, 1.82) is 0 Å². The molecule has 0 aliphatic heterocycles. The fourth-order valence-electron chi connectivity index (χ4n) is 3.89. The molecule has 0 saturated carbocycles. The first-order valence-electron chi connectivity index (χ1n) is 11.5. The van der Waals surface area contributed by atoms with Gasteiger partial charge in [-0.2, -0.15) is 0 Å². The Morgan fingerprint density at radius 2 is 1.79 bits per heavy atom. The molecule has 2 aromatic heterocycles. The molecular weight excluding hydrogens is 412 g/mol. The zero-order valence-electron chi connectivity index (χ0n) is 19.2. The molecule has 1 N–H and O–H groups in total. The van der Waals surface area contributed by atoms with Crippen LogP contribution in [0.25, 0.3) is 11.0 Å². The van der Waals surface area contributed by atoms with Crippen molar-refractivity contribution < 1.29 is 9.53 Å². The third-order valence-corrected chi connectivity index (χ3v) is 5.74. The Morgan fingerprint density at radius 3 is 2.55 bits per heavy atom. The second kappa shape index (κ2) is 10.8. The van der Waals surface area contributed by atoms with Crippen LogP contribution in [0.2, 0.25) is 0 Å². The maximum absolute atomic E-state index is 12.6. The van der Waals surface area contributed by atoms with Crippen molar-refractivity contribution in [1.82, 2.24) is 19.9 Å². The molecule has 1 amide bonds. The van der Waals surface area contributed by atoms with Crippen molar-refractivity contribution in [3.8, 4) is 5.75 Å². The van der Waals surface area contributed by atoms with Gasteiger partial charge in [-0.25, -0.2) is 4.98 Å². The van der Waals surface area contributed by atoms with Gasteiger partial charge in [0.25, 0.3) is 5.91 Å². The van der Waals surface area contributed by atoms with Gasteiger partial charge in [-0.05, 0) is 68.1 Å². The average Bonchev–Trinajstić information content (AvgIpc) is 3.23. The fraction of sp³-hybridized carbons (Fsp3) is 0.296. The molecule has 0 spiro atoms. The van der Waals surface area contributed by atoms with E-state index in [9.17, 15) is 4.79 Å².